The van der Waals surface area contributed by atoms with Gasteiger partial charge in [0, 0.05) is 77.1 Å². The molecule has 11 nitrogen and oxygen atoms in total. The van der Waals surface area contributed by atoms with E-state index < -0.39 is 0 Å². The minimum atomic E-state index is 0.0684. The maximum Gasteiger partial charge on any atom is 0.151 e. The van der Waals surface area contributed by atoms with Crippen molar-refractivity contribution in [3.05, 3.63) is 79.0 Å². The largest absolute Gasteiger partial charge is 0.507 e. The number of para-hydroxylation sites is 1. The SMILES string of the molecule is CN(c1ccc(-c2cc3cccnc3cc2O)nn1)C1CC(C)(C)NC(C)(C)C1.CN(c1ccc(-c2ccccc2O)nn1)C1CC(C)(C)NC(C)(C)C1. The fraction of sp³-hybridized carbons (Fsp3) is 0.465. The Morgan fingerprint density at radius 1 is 0.556 bits per heavy atom. The van der Waals surface area contributed by atoms with Gasteiger partial charge in [-0.1, -0.05) is 18.2 Å². The van der Waals surface area contributed by atoms with Crippen molar-refractivity contribution in [1.29, 1.82) is 0 Å². The highest BCUT2D eigenvalue weighted by molar-refractivity contribution is 5.87. The molecule has 0 amide bonds. The maximum atomic E-state index is 10.4. The number of nitrogens with zero attached hydrogens (tertiary/aromatic N) is 7. The number of hydrogen-bond acceptors (Lipinski definition) is 11. The van der Waals surface area contributed by atoms with Crippen LogP contribution < -0.4 is 20.4 Å². The minimum absolute atomic E-state index is 0.0684. The molecule has 5 aromatic rings. The number of aromatic hydroxyl groups is 2. The number of piperidine rings is 2. The lowest BCUT2D eigenvalue weighted by molar-refractivity contribution is 0.160. The van der Waals surface area contributed by atoms with Crippen LogP contribution in [0.25, 0.3) is 33.4 Å². The number of hydrogen-bond donors (Lipinski definition) is 4. The molecule has 2 aromatic carbocycles. The number of benzene rings is 2. The van der Waals surface area contributed by atoms with Crippen LogP contribution in [0.1, 0.15) is 81.1 Å². The Bertz CT molecular complexity index is 2030. The van der Waals surface area contributed by atoms with E-state index in [9.17, 15) is 10.2 Å². The van der Waals surface area contributed by atoms with Crippen molar-refractivity contribution < 1.29 is 10.2 Å². The smallest absolute Gasteiger partial charge is 0.151 e. The lowest BCUT2D eigenvalue weighted by Gasteiger charge is -2.49. The van der Waals surface area contributed by atoms with Gasteiger partial charge in [0.2, 0.25) is 0 Å². The van der Waals surface area contributed by atoms with Crippen LogP contribution in [-0.4, -0.2) is 83.9 Å². The summed E-state index contributed by atoms with van der Waals surface area (Å²) in [5.74, 6) is 2.08. The van der Waals surface area contributed by atoms with Crippen LogP contribution in [-0.2, 0) is 0 Å². The van der Waals surface area contributed by atoms with Crippen molar-refractivity contribution in [2.75, 3.05) is 23.9 Å². The monoisotopic (exact) mass is 731 g/mol. The third-order valence-electron chi connectivity index (χ3n) is 10.6. The van der Waals surface area contributed by atoms with Gasteiger partial charge >= 0.3 is 0 Å². The van der Waals surface area contributed by atoms with E-state index in [4.69, 9.17) is 0 Å². The fourth-order valence-corrected chi connectivity index (χ4v) is 8.78. The average molecular weight is 732 g/mol. The molecule has 54 heavy (non-hydrogen) atoms. The summed E-state index contributed by atoms with van der Waals surface area (Å²) in [6.07, 6.45) is 5.89. The molecule has 0 bridgehead atoms. The molecule has 2 saturated heterocycles. The van der Waals surface area contributed by atoms with Crippen LogP contribution in [0.4, 0.5) is 11.6 Å². The van der Waals surface area contributed by atoms with Crippen LogP contribution >= 0.6 is 0 Å². The molecule has 0 atom stereocenters. The van der Waals surface area contributed by atoms with Crippen LogP contribution in [0.2, 0.25) is 0 Å². The normalized spacial score (nSPS) is 19.1. The van der Waals surface area contributed by atoms with E-state index in [2.05, 4.69) is 115 Å². The molecule has 2 aliphatic heterocycles. The number of aromatic nitrogens is 5. The molecule has 0 aliphatic carbocycles. The Labute approximate surface area is 320 Å². The van der Waals surface area contributed by atoms with E-state index in [0.29, 0.717) is 34.6 Å². The molecule has 3 aromatic heterocycles. The third-order valence-corrected chi connectivity index (χ3v) is 10.6. The Morgan fingerprint density at radius 3 is 1.50 bits per heavy atom. The van der Waals surface area contributed by atoms with Gasteiger partial charge in [-0.25, -0.2) is 0 Å². The average Bonchev–Trinajstić information content (AvgIpc) is 3.09. The van der Waals surface area contributed by atoms with E-state index in [0.717, 1.165) is 48.2 Å². The first kappa shape index (κ1) is 38.8. The highest BCUT2D eigenvalue weighted by Crippen LogP contribution is 2.36. The first-order chi connectivity index (χ1) is 25.3. The molecule has 2 fully saturated rings. The quantitative estimate of drug-likeness (QED) is 0.137. The van der Waals surface area contributed by atoms with Gasteiger partial charge in [0.25, 0.3) is 0 Å². The number of phenols is 2. The van der Waals surface area contributed by atoms with Gasteiger partial charge < -0.3 is 30.6 Å². The zero-order valence-corrected chi connectivity index (χ0v) is 33.5. The highest BCUT2D eigenvalue weighted by Gasteiger charge is 2.40. The van der Waals surface area contributed by atoms with Gasteiger partial charge in [-0.2, -0.15) is 0 Å². The summed E-state index contributed by atoms with van der Waals surface area (Å²) in [4.78, 5) is 8.74. The van der Waals surface area contributed by atoms with E-state index in [1.54, 1.807) is 24.4 Å². The van der Waals surface area contributed by atoms with Gasteiger partial charge in [0.1, 0.15) is 11.5 Å². The van der Waals surface area contributed by atoms with Gasteiger partial charge in [0.15, 0.2) is 11.6 Å². The highest BCUT2D eigenvalue weighted by atomic mass is 16.3. The lowest BCUT2D eigenvalue weighted by atomic mass is 9.79. The number of anilines is 2. The molecular weight excluding hydrogens is 675 g/mol. The molecule has 7 rings (SSSR count). The number of nitrogens with one attached hydrogen (secondary N) is 2. The molecule has 11 heteroatoms. The summed E-state index contributed by atoms with van der Waals surface area (Å²) in [5, 5.41) is 46.4. The summed E-state index contributed by atoms with van der Waals surface area (Å²) in [7, 11) is 4.18. The molecule has 0 spiro atoms. The zero-order chi connectivity index (χ0) is 39.1. The lowest BCUT2D eigenvalue weighted by Crippen LogP contribution is -2.62. The first-order valence-electron chi connectivity index (χ1n) is 18.9. The van der Waals surface area contributed by atoms with Gasteiger partial charge in [-0.05, 0) is 130 Å². The van der Waals surface area contributed by atoms with Gasteiger partial charge in [-0.15, -0.1) is 20.4 Å². The van der Waals surface area contributed by atoms with Crippen molar-refractivity contribution >= 4 is 22.5 Å². The molecule has 5 heterocycles. The van der Waals surface area contributed by atoms with Crippen molar-refractivity contribution in [2.24, 2.45) is 0 Å². The summed E-state index contributed by atoms with van der Waals surface area (Å²) in [6, 6.07) is 23.2. The van der Waals surface area contributed by atoms with Crippen LogP contribution in [0, 0.1) is 0 Å². The predicted molar refractivity (Wildman–Crippen MR) is 219 cm³/mol. The molecule has 2 aliphatic rings. The topological polar surface area (TPSA) is 135 Å². The summed E-state index contributed by atoms with van der Waals surface area (Å²) in [5.41, 5.74) is 3.77. The van der Waals surface area contributed by atoms with Crippen LogP contribution in [0.5, 0.6) is 11.5 Å². The van der Waals surface area contributed by atoms with Crippen LogP contribution in [0.3, 0.4) is 0 Å². The van der Waals surface area contributed by atoms with Crippen molar-refractivity contribution in [1.82, 2.24) is 36.0 Å². The van der Waals surface area contributed by atoms with E-state index in [1.807, 2.05) is 54.6 Å². The summed E-state index contributed by atoms with van der Waals surface area (Å²) >= 11 is 0. The Balaban J connectivity index is 0.000000186. The summed E-state index contributed by atoms with van der Waals surface area (Å²) < 4.78 is 0. The third kappa shape index (κ3) is 9.07. The number of fused-ring (bicyclic) bond motifs is 1. The van der Waals surface area contributed by atoms with Crippen molar-refractivity contribution in [3.8, 4) is 34.0 Å². The maximum absolute atomic E-state index is 10.4. The second kappa shape index (κ2) is 14.8. The first-order valence-corrected chi connectivity index (χ1v) is 18.9. The van der Waals surface area contributed by atoms with E-state index >= 15 is 0 Å². The fourth-order valence-electron chi connectivity index (χ4n) is 8.78. The van der Waals surface area contributed by atoms with Gasteiger partial charge in [-0.3, -0.25) is 4.98 Å². The number of phenolic OH excluding ortho intramolecular Hbond substituents is 2. The number of pyridine rings is 1. The number of rotatable bonds is 6. The van der Waals surface area contributed by atoms with Crippen LogP contribution in [0.15, 0.2) is 79.0 Å². The second-order valence-corrected chi connectivity index (χ2v) is 17.8. The Morgan fingerprint density at radius 2 is 1.04 bits per heavy atom. The predicted octanol–water partition coefficient (Wildman–Crippen LogP) is 7.74. The summed E-state index contributed by atoms with van der Waals surface area (Å²) in [6.45, 7) is 18.0. The van der Waals surface area contributed by atoms with Crippen molar-refractivity contribution in [3.63, 3.8) is 0 Å². The minimum Gasteiger partial charge on any atom is -0.507 e. The zero-order valence-electron chi connectivity index (χ0n) is 33.5. The second-order valence-electron chi connectivity index (χ2n) is 17.8. The molecule has 0 radical (unpaired) electrons. The standard InChI is InChI=1S/C23H29N5O.C20H28N4O/c1-22(2)13-16(14-23(3,4)27-22)28(5)21-9-8-18(25-26-21)17-11-15-7-6-10-24-19(15)12-20(17)29;1-19(2)12-14(13-20(3,4)23-19)24(5)18-11-10-16(21-22-18)15-8-6-7-9-17(15)25/h6-12,16,27,29H,13-14H2,1-5H3;6-11,14,23,25H,12-13H2,1-5H3. The Hall–Kier alpha value is -4.87. The molecule has 286 valence electrons. The molecule has 4 N–H and O–H groups in total. The molecular formula is C43H57N9O2. The Kier molecular flexibility index (Phi) is 10.6. The van der Waals surface area contributed by atoms with E-state index in [-0.39, 0.29) is 33.7 Å². The van der Waals surface area contributed by atoms with E-state index in [1.165, 1.54) is 0 Å². The molecule has 0 unspecified atom stereocenters. The molecule has 0 saturated carbocycles. The van der Waals surface area contributed by atoms with Gasteiger partial charge in [0.05, 0.1) is 16.9 Å². The van der Waals surface area contributed by atoms with Crippen molar-refractivity contribution in [2.45, 2.75) is 115 Å².